The number of nitrogens with one attached hydrogen (secondary N) is 1. The second kappa shape index (κ2) is 9.70. The Balaban J connectivity index is 1.42. The van der Waals surface area contributed by atoms with Gasteiger partial charge in [-0.2, -0.15) is 0 Å². The van der Waals surface area contributed by atoms with Gasteiger partial charge in [-0.1, -0.05) is 6.07 Å². The number of carbonyl (C=O) groups excluding carboxylic acids is 3. The van der Waals surface area contributed by atoms with E-state index < -0.39 is 16.9 Å². The standard InChI is InChI=1S/C21H22N4O6/c22-21(28)23-16-7-4-15(5-8-16)20(27)31-12-2-1-3-19(26)24-11-10-14-6-9-17(25(29)30)13-18(14)24/h4-9,13H,1-3,10-12H2,(H3,22,23,28). The van der Waals surface area contributed by atoms with Gasteiger partial charge >= 0.3 is 12.0 Å². The molecule has 3 N–H and O–H groups in total. The maximum absolute atomic E-state index is 12.5. The molecule has 31 heavy (non-hydrogen) atoms. The third-order valence-electron chi connectivity index (χ3n) is 4.88. The van der Waals surface area contributed by atoms with Gasteiger partial charge in [-0.05, 0) is 49.1 Å². The number of rotatable bonds is 8. The fourth-order valence-corrected chi connectivity index (χ4v) is 3.33. The predicted octanol–water partition coefficient (Wildman–Crippen LogP) is 3.00. The zero-order valence-electron chi connectivity index (χ0n) is 16.7. The minimum Gasteiger partial charge on any atom is -0.462 e. The van der Waals surface area contributed by atoms with E-state index >= 15 is 0 Å². The van der Waals surface area contributed by atoms with E-state index in [-0.39, 0.29) is 24.6 Å². The van der Waals surface area contributed by atoms with Crippen LogP contribution in [0.1, 0.15) is 35.2 Å². The van der Waals surface area contributed by atoms with Crippen LogP contribution in [0.3, 0.4) is 0 Å². The molecule has 2 aromatic rings. The number of benzene rings is 2. The fourth-order valence-electron chi connectivity index (χ4n) is 3.33. The first-order valence-electron chi connectivity index (χ1n) is 9.76. The largest absolute Gasteiger partial charge is 0.462 e. The smallest absolute Gasteiger partial charge is 0.338 e. The third kappa shape index (κ3) is 5.56. The number of primary amides is 1. The third-order valence-corrected chi connectivity index (χ3v) is 4.88. The highest BCUT2D eigenvalue weighted by Gasteiger charge is 2.26. The molecule has 0 aliphatic carbocycles. The number of ether oxygens (including phenoxy) is 1. The van der Waals surface area contributed by atoms with Crippen molar-refractivity contribution in [2.24, 2.45) is 5.73 Å². The zero-order valence-corrected chi connectivity index (χ0v) is 16.7. The Morgan fingerprint density at radius 2 is 1.87 bits per heavy atom. The van der Waals surface area contributed by atoms with Gasteiger partial charge < -0.3 is 20.7 Å². The number of hydrogen-bond acceptors (Lipinski definition) is 6. The maximum atomic E-state index is 12.5. The number of unbranched alkanes of at least 4 members (excludes halogenated alkanes) is 1. The van der Waals surface area contributed by atoms with Crippen LogP contribution in [0.15, 0.2) is 42.5 Å². The topological polar surface area (TPSA) is 145 Å². The molecule has 0 saturated heterocycles. The molecule has 1 heterocycles. The summed E-state index contributed by atoms with van der Waals surface area (Å²) < 4.78 is 5.20. The van der Waals surface area contributed by atoms with Gasteiger partial charge in [-0.25, -0.2) is 9.59 Å². The Hall–Kier alpha value is -3.95. The van der Waals surface area contributed by atoms with Gasteiger partial charge in [0.2, 0.25) is 5.91 Å². The quantitative estimate of drug-likeness (QED) is 0.287. The van der Waals surface area contributed by atoms with Gasteiger partial charge in [0.05, 0.1) is 22.8 Å². The summed E-state index contributed by atoms with van der Waals surface area (Å²) in [6.45, 7) is 0.667. The second-order valence-electron chi connectivity index (χ2n) is 7.03. The summed E-state index contributed by atoms with van der Waals surface area (Å²) in [4.78, 5) is 47.4. The molecular formula is C21H22N4O6. The van der Waals surface area contributed by atoms with Crippen molar-refractivity contribution in [2.75, 3.05) is 23.4 Å². The lowest BCUT2D eigenvalue weighted by Crippen LogP contribution is -2.28. The van der Waals surface area contributed by atoms with Crippen molar-refractivity contribution in [2.45, 2.75) is 25.7 Å². The summed E-state index contributed by atoms with van der Waals surface area (Å²) in [5, 5.41) is 13.4. The van der Waals surface area contributed by atoms with Crippen LogP contribution in [0, 0.1) is 10.1 Å². The van der Waals surface area contributed by atoms with Gasteiger partial charge in [-0.3, -0.25) is 14.9 Å². The molecule has 0 saturated carbocycles. The number of nitro benzene ring substituents is 1. The molecule has 162 valence electrons. The van der Waals surface area contributed by atoms with Crippen molar-refractivity contribution in [1.82, 2.24) is 0 Å². The molecule has 1 aliphatic rings. The van der Waals surface area contributed by atoms with E-state index in [1.54, 1.807) is 11.0 Å². The minimum absolute atomic E-state index is 0.0381. The van der Waals surface area contributed by atoms with Crippen LogP contribution in [0.4, 0.5) is 21.9 Å². The van der Waals surface area contributed by atoms with Crippen molar-refractivity contribution in [3.63, 3.8) is 0 Å². The van der Waals surface area contributed by atoms with Crippen molar-refractivity contribution in [1.29, 1.82) is 0 Å². The molecule has 0 fully saturated rings. The van der Waals surface area contributed by atoms with Crippen LogP contribution in [-0.4, -0.2) is 36.0 Å². The van der Waals surface area contributed by atoms with Crippen LogP contribution in [-0.2, 0) is 16.0 Å². The van der Waals surface area contributed by atoms with Crippen molar-refractivity contribution in [3.05, 3.63) is 63.7 Å². The van der Waals surface area contributed by atoms with Crippen molar-refractivity contribution in [3.8, 4) is 0 Å². The van der Waals surface area contributed by atoms with E-state index in [2.05, 4.69) is 5.32 Å². The summed E-state index contributed by atoms with van der Waals surface area (Å²) in [6, 6.07) is 9.99. The number of nitrogens with two attached hydrogens (primary N) is 1. The number of urea groups is 1. The van der Waals surface area contributed by atoms with Gasteiger partial charge in [0, 0.05) is 30.8 Å². The van der Waals surface area contributed by atoms with Crippen LogP contribution >= 0.6 is 0 Å². The number of hydrogen-bond donors (Lipinski definition) is 2. The summed E-state index contributed by atoms with van der Waals surface area (Å²) in [5.41, 5.74) is 7.31. The van der Waals surface area contributed by atoms with E-state index in [0.717, 1.165) is 5.56 Å². The Morgan fingerprint density at radius 3 is 2.55 bits per heavy atom. The van der Waals surface area contributed by atoms with Crippen LogP contribution < -0.4 is 16.0 Å². The lowest BCUT2D eigenvalue weighted by molar-refractivity contribution is -0.384. The number of non-ortho nitro benzene ring substituents is 1. The number of fused-ring (bicyclic) bond motifs is 1. The first-order chi connectivity index (χ1) is 14.8. The molecule has 1 aliphatic heterocycles. The number of carbonyl (C=O) groups is 3. The lowest BCUT2D eigenvalue weighted by Gasteiger charge is -2.17. The highest BCUT2D eigenvalue weighted by Crippen LogP contribution is 2.32. The zero-order chi connectivity index (χ0) is 22.4. The van der Waals surface area contributed by atoms with Crippen molar-refractivity contribution < 1.29 is 24.0 Å². The molecular weight excluding hydrogens is 404 g/mol. The van der Waals surface area contributed by atoms with E-state index in [0.29, 0.717) is 42.7 Å². The number of esters is 1. The molecule has 2 aromatic carbocycles. The number of nitrogens with zero attached hydrogens (tertiary/aromatic N) is 2. The predicted molar refractivity (Wildman–Crippen MR) is 113 cm³/mol. The minimum atomic E-state index is -0.694. The van der Waals surface area contributed by atoms with Crippen molar-refractivity contribution >= 4 is 35.0 Å². The van der Waals surface area contributed by atoms with Gasteiger partial charge in [0.25, 0.3) is 5.69 Å². The monoisotopic (exact) mass is 426 g/mol. The highest BCUT2D eigenvalue weighted by molar-refractivity contribution is 5.96. The molecule has 10 nitrogen and oxygen atoms in total. The Bertz CT molecular complexity index is 1010. The molecule has 0 unspecified atom stereocenters. The Labute approximate surface area is 178 Å². The van der Waals surface area contributed by atoms with E-state index in [4.69, 9.17) is 10.5 Å². The molecule has 0 radical (unpaired) electrons. The van der Waals surface area contributed by atoms with Crippen LogP contribution in [0.5, 0.6) is 0 Å². The molecule has 0 aromatic heterocycles. The summed E-state index contributed by atoms with van der Waals surface area (Å²) in [6.07, 6.45) is 1.96. The van der Waals surface area contributed by atoms with Crippen LogP contribution in [0.25, 0.3) is 0 Å². The SMILES string of the molecule is NC(=O)Nc1ccc(C(=O)OCCCCC(=O)N2CCc3ccc([N+](=O)[O-])cc32)cc1. The van der Waals surface area contributed by atoms with E-state index in [1.807, 2.05) is 0 Å². The van der Waals surface area contributed by atoms with E-state index in [9.17, 15) is 24.5 Å². The summed E-state index contributed by atoms with van der Waals surface area (Å²) in [5.74, 6) is -0.610. The van der Waals surface area contributed by atoms with E-state index in [1.165, 1.54) is 36.4 Å². The van der Waals surface area contributed by atoms with Gasteiger partial charge in [0.1, 0.15) is 0 Å². The number of anilines is 2. The maximum Gasteiger partial charge on any atom is 0.338 e. The normalized spacial score (nSPS) is 12.2. The Kier molecular flexibility index (Phi) is 6.81. The second-order valence-corrected chi connectivity index (χ2v) is 7.03. The molecule has 0 bridgehead atoms. The highest BCUT2D eigenvalue weighted by atomic mass is 16.6. The summed E-state index contributed by atoms with van der Waals surface area (Å²) >= 11 is 0. The molecule has 0 atom stereocenters. The lowest BCUT2D eigenvalue weighted by atomic mass is 10.1. The average molecular weight is 426 g/mol. The number of amides is 3. The van der Waals surface area contributed by atoms with Gasteiger partial charge in [0.15, 0.2) is 0 Å². The van der Waals surface area contributed by atoms with Gasteiger partial charge in [-0.15, -0.1) is 0 Å². The fraction of sp³-hybridized carbons (Fsp3) is 0.286. The van der Waals surface area contributed by atoms with Crippen LogP contribution in [0.2, 0.25) is 0 Å². The molecule has 0 spiro atoms. The first kappa shape index (κ1) is 21.8. The molecule has 10 heteroatoms. The first-order valence-corrected chi connectivity index (χ1v) is 9.76. The molecule has 3 amide bonds. The summed E-state index contributed by atoms with van der Waals surface area (Å²) in [7, 11) is 0. The molecule has 3 rings (SSSR count). The Morgan fingerprint density at radius 1 is 1.13 bits per heavy atom. The average Bonchev–Trinajstić information content (AvgIpc) is 3.16. The number of nitro groups is 1.